The molecule has 5 nitrogen and oxygen atoms in total. The standard InChI is InChI=1S/C12H20F3N3O2/c1-18(6-5-10(16)17-20)11(19)8-3-2-4-9(7-8)12(13,14)15/h8-9,20H,2-7H2,1H3,(H2,16,17). The van der Waals surface area contributed by atoms with Gasteiger partial charge in [0.05, 0.1) is 5.92 Å². The van der Waals surface area contributed by atoms with Crippen LogP contribution in [0, 0.1) is 11.8 Å². The monoisotopic (exact) mass is 295 g/mol. The molecule has 1 amide bonds. The number of carbonyl (C=O) groups excluding carboxylic acids is 1. The van der Waals surface area contributed by atoms with Crippen LogP contribution in [0.1, 0.15) is 32.1 Å². The van der Waals surface area contributed by atoms with Crippen LogP contribution in [0.2, 0.25) is 0 Å². The first kappa shape index (κ1) is 16.6. The summed E-state index contributed by atoms with van der Waals surface area (Å²) in [6.07, 6.45) is -3.19. The molecule has 0 radical (unpaired) electrons. The molecule has 1 saturated carbocycles. The molecule has 0 spiro atoms. The number of amides is 1. The number of nitrogens with two attached hydrogens (primary N) is 1. The predicted molar refractivity (Wildman–Crippen MR) is 67.2 cm³/mol. The molecule has 0 heterocycles. The lowest BCUT2D eigenvalue weighted by molar-refractivity contribution is -0.187. The van der Waals surface area contributed by atoms with E-state index in [1.54, 1.807) is 0 Å². The molecule has 20 heavy (non-hydrogen) atoms. The summed E-state index contributed by atoms with van der Waals surface area (Å²) in [6, 6.07) is 0. The molecule has 116 valence electrons. The van der Waals surface area contributed by atoms with Crippen LogP contribution in [-0.2, 0) is 4.79 Å². The van der Waals surface area contributed by atoms with Gasteiger partial charge in [0, 0.05) is 25.9 Å². The van der Waals surface area contributed by atoms with E-state index < -0.39 is 18.0 Å². The van der Waals surface area contributed by atoms with Crippen molar-refractivity contribution in [3.8, 4) is 0 Å². The van der Waals surface area contributed by atoms with Gasteiger partial charge in [-0.2, -0.15) is 13.2 Å². The number of nitrogens with zero attached hydrogens (tertiary/aromatic N) is 2. The Morgan fingerprint density at radius 3 is 2.65 bits per heavy atom. The van der Waals surface area contributed by atoms with Gasteiger partial charge in [0.15, 0.2) is 0 Å². The summed E-state index contributed by atoms with van der Waals surface area (Å²) in [7, 11) is 1.52. The molecule has 2 atom stereocenters. The maximum atomic E-state index is 12.7. The molecule has 0 aromatic heterocycles. The topological polar surface area (TPSA) is 78.9 Å². The number of hydrogen-bond donors (Lipinski definition) is 2. The summed E-state index contributed by atoms with van der Waals surface area (Å²) in [5.41, 5.74) is 5.29. The summed E-state index contributed by atoms with van der Waals surface area (Å²) in [5.74, 6) is -2.29. The van der Waals surface area contributed by atoms with Crippen molar-refractivity contribution in [2.75, 3.05) is 13.6 Å². The third kappa shape index (κ3) is 4.57. The Labute approximate surface area is 115 Å². The molecule has 0 aliphatic heterocycles. The van der Waals surface area contributed by atoms with Gasteiger partial charge in [0.1, 0.15) is 5.84 Å². The largest absolute Gasteiger partial charge is 0.409 e. The normalized spacial score (nSPS) is 24.5. The van der Waals surface area contributed by atoms with E-state index in [1.165, 1.54) is 11.9 Å². The summed E-state index contributed by atoms with van der Waals surface area (Å²) in [6.45, 7) is 0.224. The lowest BCUT2D eigenvalue weighted by Gasteiger charge is -2.32. The van der Waals surface area contributed by atoms with E-state index in [9.17, 15) is 18.0 Å². The van der Waals surface area contributed by atoms with Gasteiger partial charge in [-0.05, 0) is 19.3 Å². The van der Waals surface area contributed by atoms with Crippen molar-refractivity contribution >= 4 is 11.7 Å². The first-order valence-corrected chi connectivity index (χ1v) is 6.53. The molecule has 8 heteroatoms. The molecule has 0 aromatic carbocycles. The van der Waals surface area contributed by atoms with E-state index in [2.05, 4.69) is 5.16 Å². The highest BCUT2D eigenvalue weighted by Gasteiger charge is 2.43. The summed E-state index contributed by atoms with van der Waals surface area (Å²) >= 11 is 0. The van der Waals surface area contributed by atoms with Crippen molar-refractivity contribution < 1.29 is 23.2 Å². The fraction of sp³-hybridized carbons (Fsp3) is 0.833. The fourth-order valence-electron chi connectivity index (χ4n) is 2.47. The number of oxime groups is 1. The predicted octanol–water partition coefficient (Wildman–Crippen LogP) is 1.95. The molecule has 0 saturated heterocycles. The number of alkyl halides is 3. The first-order valence-electron chi connectivity index (χ1n) is 6.53. The van der Waals surface area contributed by atoms with E-state index in [-0.39, 0.29) is 37.6 Å². The SMILES string of the molecule is CN(CCC(N)=NO)C(=O)C1CCCC(C(F)(F)F)C1. The zero-order valence-corrected chi connectivity index (χ0v) is 11.4. The van der Waals surface area contributed by atoms with Gasteiger partial charge >= 0.3 is 6.18 Å². The molecule has 3 N–H and O–H groups in total. The van der Waals surface area contributed by atoms with Crippen LogP contribution < -0.4 is 5.73 Å². The van der Waals surface area contributed by atoms with Gasteiger partial charge in [0.2, 0.25) is 5.91 Å². The molecule has 1 fully saturated rings. The fourth-order valence-corrected chi connectivity index (χ4v) is 2.47. The second-order valence-electron chi connectivity index (χ2n) is 5.20. The lowest BCUT2D eigenvalue weighted by atomic mass is 9.80. The third-order valence-electron chi connectivity index (χ3n) is 3.69. The minimum atomic E-state index is -4.23. The highest BCUT2D eigenvalue weighted by Crippen LogP contribution is 2.40. The van der Waals surface area contributed by atoms with Gasteiger partial charge in [0.25, 0.3) is 0 Å². The average molecular weight is 295 g/mol. The van der Waals surface area contributed by atoms with Crippen molar-refractivity contribution in [1.82, 2.24) is 4.90 Å². The van der Waals surface area contributed by atoms with Crippen LogP contribution >= 0.6 is 0 Å². The van der Waals surface area contributed by atoms with Crippen LogP contribution in [0.15, 0.2) is 5.16 Å². The van der Waals surface area contributed by atoms with E-state index in [4.69, 9.17) is 10.9 Å². The van der Waals surface area contributed by atoms with Crippen LogP contribution in [0.5, 0.6) is 0 Å². The molecular formula is C12H20F3N3O2. The molecule has 1 aliphatic carbocycles. The van der Waals surface area contributed by atoms with Gasteiger partial charge in [-0.25, -0.2) is 0 Å². The second-order valence-corrected chi connectivity index (χ2v) is 5.20. The highest BCUT2D eigenvalue weighted by molar-refractivity contribution is 5.82. The van der Waals surface area contributed by atoms with Crippen molar-refractivity contribution in [3.05, 3.63) is 0 Å². The number of carbonyl (C=O) groups is 1. The Kier molecular flexibility index (Phi) is 5.64. The van der Waals surface area contributed by atoms with E-state index in [0.717, 1.165) is 0 Å². The van der Waals surface area contributed by atoms with Gasteiger partial charge in [-0.15, -0.1) is 0 Å². The van der Waals surface area contributed by atoms with Crippen molar-refractivity contribution in [1.29, 1.82) is 0 Å². The van der Waals surface area contributed by atoms with Crippen LogP contribution in [0.3, 0.4) is 0 Å². The zero-order valence-electron chi connectivity index (χ0n) is 11.4. The molecule has 0 aromatic rings. The average Bonchev–Trinajstić information content (AvgIpc) is 2.42. The van der Waals surface area contributed by atoms with Crippen LogP contribution in [0.25, 0.3) is 0 Å². The highest BCUT2D eigenvalue weighted by atomic mass is 19.4. The molecule has 2 unspecified atom stereocenters. The van der Waals surface area contributed by atoms with Crippen LogP contribution in [0.4, 0.5) is 13.2 Å². The van der Waals surface area contributed by atoms with E-state index in [1.807, 2.05) is 0 Å². The van der Waals surface area contributed by atoms with Crippen molar-refractivity contribution in [3.63, 3.8) is 0 Å². The summed E-state index contributed by atoms with van der Waals surface area (Å²) in [5, 5.41) is 11.2. The number of rotatable bonds is 4. The smallest absolute Gasteiger partial charge is 0.391 e. The Morgan fingerprint density at radius 1 is 1.45 bits per heavy atom. The Bertz CT molecular complexity index is 371. The maximum Gasteiger partial charge on any atom is 0.391 e. The number of hydrogen-bond acceptors (Lipinski definition) is 3. The Morgan fingerprint density at radius 2 is 2.10 bits per heavy atom. The molecule has 1 aliphatic rings. The lowest BCUT2D eigenvalue weighted by Crippen LogP contribution is -2.39. The maximum absolute atomic E-state index is 12.7. The third-order valence-corrected chi connectivity index (χ3v) is 3.69. The first-order chi connectivity index (χ1) is 9.25. The summed E-state index contributed by atoms with van der Waals surface area (Å²) < 4.78 is 38.1. The minimum Gasteiger partial charge on any atom is -0.409 e. The van der Waals surface area contributed by atoms with Gasteiger partial charge < -0.3 is 15.8 Å². The number of amidine groups is 1. The Balaban J connectivity index is 2.54. The summed E-state index contributed by atoms with van der Waals surface area (Å²) in [4.78, 5) is 13.4. The Hall–Kier alpha value is -1.47. The van der Waals surface area contributed by atoms with Gasteiger partial charge in [-0.3, -0.25) is 4.79 Å². The molecule has 1 rings (SSSR count). The van der Waals surface area contributed by atoms with E-state index in [0.29, 0.717) is 12.8 Å². The zero-order chi connectivity index (χ0) is 15.3. The molecule has 0 bridgehead atoms. The number of halogens is 3. The van der Waals surface area contributed by atoms with Crippen molar-refractivity contribution in [2.45, 2.75) is 38.3 Å². The second kappa shape index (κ2) is 6.81. The van der Waals surface area contributed by atoms with E-state index >= 15 is 0 Å². The quantitative estimate of drug-likeness (QED) is 0.360. The molecular weight excluding hydrogens is 275 g/mol. The minimum absolute atomic E-state index is 0.0125. The van der Waals surface area contributed by atoms with Gasteiger partial charge in [-0.1, -0.05) is 11.6 Å². The van der Waals surface area contributed by atoms with Crippen LogP contribution in [-0.4, -0.2) is 41.6 Å². The van der Waals surface area contributed by atoms with Crippen molar-refractivity contribution in [2.24, 2.45) is 22.7 Å².